The smallest absolute Gasteiger partial charge is 0.248 e. The first kappa shape index (κ1) is 36.0. The van der Waals surface area contributed by atoms with Crippen LogP contribution in [0.1, 0.15) is 81.9 Å². The molecular weight excluding hydrogens is 620 g/mol. The molecule has 8 N–H and O–H groups in total. The van der Waals surface area contributed by atoms with Crippen molar-refractivity contribution in [1.29, 1.82) is 5.41 Å². The summed E-state index contributed by atoms with van der Waals surface area (Å²) in [5.41, 5.74) is 12.8. The van der Waals surface area contributed by atoms with Crippen molar-refractivity contribution >= 4 is 47.3 Å². The molecule has 0 unspecified atom stereocenters. The van der Waals surface area contributed by atoms with E-state index in [1.54, 1.807) is 17.0 Å². The van der Waals surface area contributed by atoms with Gasteiger partial charge in [-0.25, -0.2) is 0 Å². The van der Waals surface area contributed by atoms with E-state index in [0.29, 0.717) is 56.0 Å². The second kappa shape index (κ2) is 16.8. The zero-order chi connectivity index (χ0) is 34.1. The molecule has 14 heteroatoms. The van der Waals surface area contributed by atoms with Gasteiger partial charge in [-0.2, -0.15) is 11.8 Å². The number of guanidine groups is 1. The number of nitrogens with two attached hydrogens (primary N) is 2. The van der Waals surface area contributed by atoms with Crippen molar-refractivity contribution in [2.75, 3.05) is 25.1 Å². The Morgan fingerprint density at radius 3 is 2.26 bits per heavy atom. The lowest BCUT2D eigenvalue weighted by Crippen LogP contribution is -2.59. The maximum Gasteiger partial charge on any atom is 0.248 e. The summed E-state index contributed by atoms with van der Waals surface area (Å²) in [6.07, 6.45) is 9.01. The SMILES string of the molecule is CSCC[C@H](NC(=O)[C@@H]1c2ccccc2CN1C(=O)[C@@H](NC(=O)[C@H](CC1CCCCC1)NC(C)=O)C1CCN(C(=N)N)CC1)C(N)=O. The largest absolute Gasteiger partial charge is 0.370 e. The minimum Gasteiger partial charge on any atom is -0.370 e. The molecule has 4 rings (SSSR count). The van der Waals surface area contributed by atoms with Gasteiger partial charge in [-0.3, -0.25) is 29.4 Å². The van der Waals surface area contributed by atoms with E-state index < -0.39 is 47.8 Å². The summed E-state index contributed by atoms with van der Waals surface area (Å²) < 4.78 is 0. The number of piperidine rings is 1. The third-order valence-electron chi connectivity index (χ3n) is 9.71. The molecule has 1 aliphatic carbocycles. The molecule has 3 aliphatic rings. The maximum atomic E-state index is 14.7. The number of nitrogens with one attached hydrogen (secondary N) is 4. The molecular formula is C33H50N8O5S. The Morgan fingerprint density at radius 2 is 1.64 bits per heavy atom. The summed E-state index contributed by atoms with van der Waals surface area (Å²) >= 11 is 1.53. The van der Waals surface area contributed by atoms with E-state index >= 15 is 0 Å². The highest BCUT2D eigenvalue weighted by molar-refractivity contribution is 7.98. The number of rotatable bonds is 13. The summed E-state index contributed by atoms with van der Waals surface area (Å²) in [7, 11) is 0. The summed E-state index contributed by atoms with van der Waals surface area (Å²) in [4.78, 5) is 70.1. The van der Waals surface area contributed by atoms with Gasteiger partial charge >= 0.3 is 0 Å². The molecule has 1 aromatic rings. The highest BCUT2D eigenvalue weighted by atomic mass is 32.2. The molecule has 0 aromatic heterocycles. The molecule has 1 saturated carbocycles. The van der Waals surface area contributed by atoms with Crippen LogP contribution in [0.25, 0.3) is 0 Å². The van der Waals surface area contributed by atoms with Crippen molar-refractivity contribution in [3.63, 3.8) is 0 Å². The molecule has 5 amide bonds. The van der Waals surface area contributed by atoms with E-state index in [-0.39, 0.29) is 24.3 Å². The molecule has 1 saturated heterocycles. The number of amides is 5. The van der Waals surface area contributed by atoms with Crippen LogP contribution in [0.15, 0.2) is 24.3 Å². The maximum absolute atomic E-state index is 14.7. The van der Waals surface area contributed by atoms with Crippen LogP contribution in [-0.2, 0) is 30.5 Å². The Bertz CT molecular complexity index is 1310. The number of carbonyl (C=O) groups excluding carboxylic acids is 5. The van der Waals surface area contributed by atoms with Crippen molar-refractivity contribution in [3.8, 4) is 0 Å². The van der Waals surface area contributed by atoms with Gasteiger partial charge in [-0.05, 0) is 60.7 Å². The lowest BCUT2D eigenvalue weighted by Gasteiger charge is -2.38. The van der Waals surface area contributed by atoms with E-state index in [2.05, 4.69) is 16.0 Å². The third-order valence-corrected chi connectivity index (χ3v) is 10.4. The number of hydrogen-bond acceptors (Lipinski definition) is 7. The standard InChI is InChI=1S/C33H50N8O5S/c1-20(42)37-26(18-21-8-4-3-5-9-21)30(44)39-27(22-12-15-40(16-13-22)33(35)36)32(46)41-19-23-10-6-7-11-24(23)28(41)31(45)38-25(29(34)43)14-17-47-2/h6-7,10-11,21-22,25-28H,3-5,8-9,12-19H2,1-2H3,(H2,34,43)(H3,35,36)(H,37,42)(H,38,45)(H,39,44)/t25-,26-,27-,28-/m0/s1. The predicted octanol–water partition coefficient (Wildman–Crippen LogP) is 1.36. The van der Waals surface area contributed by atoms with Crippen LogP contribution in [-0.4, -0.2) is 88.5 Å². The Hall–Kier alpha value is -3.81. The predicted molar refractivity (Wildman–Crippen MR) is 181 cm³/mol. The number of likely N-dealkylation sites (tertiary alicyclic amines) is 1. The number of thioether (sulfide) groups is 1. The zero-order valence-corrected chi connectivity index (χ0v) is 28.3. The van der Waals surface area contributed by atoms with E-state index in [9.17, 15) is 24.0 Å². The number of fused-ring (bicyclic) bond motifs is 1. The fourth-order valence-corrected chi connectivity index (χ4v) is 7.64. The first-order valence-electron chi connectivity index (χ1n) is 16.6. The van der Waals surface area contributed by atoms with E-state index in [1.165, 1.54) is 23.6 Å². The second-order valence-corrected chi connectivity index (χ2v) is 14.0. The minimum atomic E-state index is -1.03. The van der Waals surface area contributed by atoms with Crippen LogP contribution < -0.4 is 27.4 Å². The minimum absolute atomic E-state index is 0.0502. The van der Waals surface area contributed by atoms with Crippen molar-refractivity contribution < 1.29 is 24.0 Å². The van der Waals surface area contributed by atoms with Crippen molar-refractivity contribution in [2.24, 2.45) is 23.3 Å². The van der Waals surface area contributed by atoms with Crippen LogP contribution in [0, 0.1) is 17.2 Å². The zero-order valence-electron chi connectivity index (χ0n) is 27.5. The normalized spacial score (nSPS) is 20.4. The average molecular weight is 671 g/mol. The second-order valence-electron chi connectivity index (χ2n) is 13.0. The third kappa shape index (κ3) is 9.39. The van der Waals surface area contributed by atoms with Gasteiger partial charge in [-0.15, -0.1) is 0 Å². The van der Waals surface area contributed by atoms with Gasteiger partial charge in [0.2, 0.25) is 29.5 Å². The van der Waals surface area contributed by atoms with Crippen LogP contribution in [0.4, 0.5) is 0 Å². The van der Waals surface area contributed by atoms with Crippen molar-refractivity contribution in [3.05, 3.63) is 35.4 Å². The number of nitrogens with zero attached hydrogens (tertiary/aromatic N) is 2. The highest BCUT2D eigenvalue weighted by Crippen LogP contribution is 2.36. The summed E-state index contributed by atoms with van der Waals surface area (Å²) in [6, 6.07) is 3.57. The van der Waals surface area contributed by atoms with Crippen LogP contribution in [0.5, 0.6) is 0 Å². The number of carbonyl (C=O) groups is 5. The Balaban J connectivity index is 1.63. The van der Waals surface area contributed by atoms with Gasteiger partial charge in [0.05, 0.1) is 0 Å². The Morgan fingerprint density at radius 1 is 0.957 bits per heavy atom. The molecule has 2 aliphatic heterocycles. The first-order chi connectivity index (χ1) is 22.5. The molecule has 2 fully saturated rings. The van der Waals surface area contributed by atoms with E-state index in [1.807, 2.05) is 18.4 Å². The summed E-state index contributed by atoms with van der Waals surface area (Å²) in [5, 5.41) is 16.5. The molecule has 0 spiro atoms. The van der Waals surface area contributed by atoms with Gasteiger partial charge in [-0.1, -0.05) is 56.4 Å². The van der Waals surface area contributed by atoms with Gasteiger partial charge in [0, 0.05) is 26.6 Å². The van der Waals surface area contributed by atoms with Crippen molar-refractivity contribution in [2.45, 2.75) is 95.4 Å². The van der Waals surface area contributed by atoms with Gasteiger partial charge < -0.3 is 37.2 Å². The number of benzene rings is 1. The van der Waals surface area contributed by atoms with Gasteiger partial charge in [0.1, 0.15) is 24.2 Å². The summed E-state index contributed by atoms with van der Waals surface area (Å²) in [5.74, 6) is -1.79. The lowest BCUT2D eigenvalue weighted by molar-refractivity contribution is -0.145. The molecule has 0 radical (unpaired) electrons. The Kier molecular flexibility index (Phi) is 12.9. The molecule has 258 valence electrons. The van der Waals surface area contributed by atoms with Gasteiger partial charge in [0.25, 0.3) is 0 Å². The Labute approximate surface area is 281 Å². The molecule has 4 atom stereocenters. The summed E-state index contributed by atoms with van der Waals surface area (Å²) in [6.45, 7) is 2.41. The fourth-order valence-electron chi connectivity index (χ4n) is 7.17. The fraction of sp³-hybridized carbons (Fsp3) is 0.636. The molecule has 47 heavy (non-hydrogen) atoms. The lowest BCUT2D eigenvalue weighted by atomic mass is 9.84. The van der Waals surface area contributed by atoms with E-state index in [4.69, 9.17) is 16.9 Å². The molecule has 2 heterocycles. The topological polar surface area (TPSA) is 204 Å². The quantitative estimate of drug-likeness (QED) is 0.133. The molecule has 1 aromatic carbocycles. The monoisotopic (exact) mass is 670 g/mol. The molecule has 0 bridgehead atoms. The average Bonchev–Trinajstić information content (AvgIpc) is 3.45. The van der Waals surface area contributed by atoms with Crippen LogP contribution in [0.2, 0.25) is 0 Å². The van der Waals surface area contributed by atoms with E-state index in [0.717, 1.165) is 37.7 Å². The number of hydrogen-bond donors (Lipinski definition) is 6. The number of primary amides is 1. The van der Waals surface area contributed by atoms with Gasteiger partial charge in [0.15, 0.2) is 5.96 Å². The highest BCUT2D eigenvalue weighted by Gasteiger charge is 2.45. The van der Waals surface area contributed by atoms with Crippen LogP contribution in [0.3, 0.4) is 0 Å². The molecule has 13 nitrogen and oxygen atoms in total. The first-order valence-corrected chi connectivity index (χ1v) is 18.0. The van der Waals surface area contributed by atoms with Crippen LogP contribution >= 0.6 is 11.8 Å². The van der Waals surface area contributed by atoms with Crippen molar-refractivity contribution in [1.82, 2.24) is 25.8 Å².